The summed E-state index contributed by atoms with van der Waals surface area (Å²) in [7, 11) is 0. The summed E-state index contributed by atoms with van der Waals surface area (Å²) < 4.78 is 7.22. The first-order chi connectivity index (χ1) is 15.7. The first-order valence-corrected chi connectivity index (χ1v) is 11.5. The number of hydrogen-bond donors (Lipinski definition) is 0. The van der Waals surface area contributed by atoms with Gasteiger partial charge in [-0.25, -0.2) is 0 Å². The number of ether oxygens (including phenoxy) is 1. The molecule has 0 aliphatic rings. The normalized spacial score (nSPS) is 11.6. The Kier molecular flexibility index (Phi) is 7.13. The summed E-state index contributed by atoms with van der Waals surface area (Å²) in [5.74, 6) is 0.627. The fraction of sp³-hybridized carbons (Fsp3) is 0.286. The Bertz CT molecular complexity index is 1130. The van der Waals surface area contributed by atoms with Gasteiger partial charge in [0, 0.05) is 22.8 Å². The smallest absolute Gasteiger partial charge is 0.241 e. The van der Waals surface area contributed by atoms with E-state index in [9.17, 15) is 0 Å². The molecule has 4 aromatic rings. The Labute approximate surface area is 191 Å². The van der Waals surface area contributed by atoms with Gasteiger partial charge in [0.2, 0.25) is 5.88 Å². The molecule has 3 aromatic carbocycles. The third-order valence-corrected chi connectivity index (χ3v) is 6.45. The summed E-state index contributed by atoms with van der Waals surface area (Å²) in [5, 5.41) is 11.2. The number of quaternary nitrogens is 1. The van der Waals surface area contributed by atoms with Crippen molar-refractivity contribution in [2.45, 2.75) is 26.8 Å². The van der Waals surface area contributed by atoms with Crippen LogP contribution in [0.3, 0.4) is 0 Å². The van der Waals surface area contributed by atoms with Gasteiger partial charge in [-0.15, -0.1) is 5.10 Å². The highest BCUT2D eigenvalue weighted by Gasteiger charge is 2.24. The molecule has 0 unspecified atom stereocenters. The van der Waals surface area contributed by atoms with Gasteiger partial charge in [0.15, 0.2) is 0 Å². The van der Waals surface area contributed by atoms with Crippen LogP contribution in [-0.2, 0) is 13.0 Å². The second-order valence-corrected chi connectivity index (χ2v) is 8.35. The quantitative estimate of drug-likeness (QED) is 0.307. The number of aromatic nitrogens is 2. The summed E-state index contributed by atoms with van der Waals surface area (Å²) in [6.45, 7) is 9.23. The molecule has 4 nitrogen and oxygen atoms in total. The maximum Gasteiger partial charge on any atom is 0.241 e. The van der Waals surface area contributed by atoms with Gasteiger partial charge in [-0.2, -0.15) is 5.10 Å². The van der Waals surface area contributed by atoms with Crippen molar-refractivity contribution in [3.8, 4) is 5.88 Å². The molecule has 1 heterocycles. The largest absolute Gasteiger partial charge is 0.470 e. The van der Waals surface area contributed by atoms with Crippen molar-refractivity contribution < 1.29 is 9.22 Å². The van der Waals surface area contributed by atoms with Gasteiger partial charge in [-0.3, -0.25) is 0 Å². The van der Waals surface area contributed by atoms with Crippen LogP contribution in [0, 0.1) is 0 Å². The van der Waals surface area contributed by atoms with Crippen LogP contribution < -0.4 is 4.74 Å². The standard InChI is InChI=1S/C28H32N3O/c1-3-31(4-2,22-24-15-9-6-10-16-24)19-20-32-28-26-18-12-11-17-25(26)27(29-30-28)21-23-13-7-5-8-14-23/h5-18H,3-4,19-22H2,1-2H3/q+1. The van der Waals surface area contributed by atoms with E-state index in [-0.39, 0.29) is 0 Å². The predicted octanol–water partition coefficient (Wildman–Crippen LogP) is 5.66. The van der Waals surface area contributed by atoms with E-state index in [0.717, 1.165) is 53.5 Å². The van der Waals surface area contributed by atoms with E-state index in [2.05, 4.69) is 96.8 Å². The number of rotatable bonds is 10. The second-order valence-electron chi connectivity index (χ2n) is 8.35. The van der Waals surface area contributed by atoms with Crippen LogP contribution in [0.2, 0.25) is 0 Å². The van der Waals surface area contributed by atoms with Crippen molar-refractivity contribution in [3.05, 3.63) is 102 Å². The van der Waals surface area contributed by atoms with Crippen LogP contribution in [0.5, 0.6) is 5.88 Å². The predicted molar refractivity (Wildman–Crippen MR) is 131 cm³/mol. The van der Waals surface area contributed by atoms with E-state index in [1.807, 2.05) is 12.1 Å². The van der Waals surface area contributed by atoms with E-state index >= 15 is 0 Å². The summed E-state index contributed by atoms with van der Waals surface area (Å²) in [6, 6.07) is 29.4. The molecule has 0 atom stereocenters. The molecule has 0 saturated heterocycles. The van der Waals surface area contributed by atoms with E-state index in [4.69, 9.17) is 4.74 Å². The van der Waals surface area contributed by atoms with Crippen LogP contribution in [0.1, 0.15) is 30.7 Å². The average Bonchev–Trinajstić information content (AvgIpc) is 2.86. The third-order valence-electron chi connectivity index (χ3n) is 6.45. The van der Waals surface area contributed by atoms with Crippen molar-refractivity contribution in [3.63, 3.8) is 0 Å². The Morgan fingerprint density at radius 2 is 1.28 bits per heavy atom. The fourth-order valence-corrected chi connectivity index (χ4v) is 4.31. The molecule has 164 valence electrons. The lowest BCUT2D eigenvalue weighted by atomic mass is 10.0. The van der Waals surface area contributed by atoms with E-state index < -0.39 is 0 Å². The van der Waals surface area contributed by atoms with Crippen LogP contribution >= 0.6 is 0 Å². The second kappa shape index (κ2) is 10.4. The number of likely N-dealkylation sites (N-methyl/N-ethyl adjacent to an activating group) is 1. The van der Waals surface area contributed by atoms with Crippen molar-refractivity contribution in [1.82, 2.24) is 10.2 Å². The van der Waals surface area contributed by atoms with Crippen LogP contribution in [0.25, 0.3) is 10.8 Å². The van der Waals surface area contributed by atoms with E-state index in [1.54, 1.807) is 0 Å². The van der Waals surface area contributed by atoms with Gasteiger partial charge in [0.25, 0.3) is 0 Å². The van der Waals surface area contributed by atoms with Gasteiger partial charge >= 0.3 is 0 Å². The summed E-state index contributed by atoms with van der Waals surface area (Å²) >= 11 is 0. The van der Waals surface area contributed by atoms with Gasteiger partial charge in [-0.05, 0) is 25.5 Å². The molecule has 0 N–H and O–H groups in total. The Morgan fingerprint density at radius 1 is 0.688 bits per heavy atom. The molecule has 0 aliphatic carbocycles. The Balaban J connectivity index is 1.50. The molecule has 0 bridgehead atoms. The first-order valence-electron chi connectivity index (χ1n) is 11.5. The van der Waals surface area contributed by atoms with Crippen molar-refractivity contribution in [2.75, 3.05) is 26.2 Å². The molecule has 0 radical (unpaired) electrons. The number of hydrogen-bond acceptors (Lipinski definition) is 3. The van der Waals surface area contributed by atoms with Crippen LogP contribution in [0.4, 0.5) is 0 Å². The minimum Gasteiger partial charge on any atom is -0.470 e. The van der Waals surface area contributed by atoms with E-state index in [0.29, 0.717) is 12.5 Å². The van der Waals surface area contributed by atoms with Crippen LogP contribution in [0.15, 0.2) is 84.9 Å². The molecule has 1 aromatic heterocycles. The minimum atomic E-state index is 0.616. The average molecular weight is 427 g/mol. The molecule has 4 heteroatoms. The topological polar surface area (TPSA) is 35.0 Å². The molecule has 0 spiro atoms. The lowest BCUT2D eigenvalue weighted by molar-refractivity contribution is -0.937. The molecule has 32 heavy (non-hydrogen) atoms. The Morgan fingerprint density at radius 3 is 1.94 bits per heavy atom. The maximum atomic E-state index is 6.23. The highest BCUT2D eigenvalue weighted by atomic mass is 16.5. The summed E-state index contributed by atoms with van der Waals surface area (Å²) in [5.41, 5.74) is 3.58. The first kappa shape index (κ1) is 22.0. The number of nitrogens with zero attached hydrogens (tertiary/aromatic N) is 3. The summed E-state index contributed by atoms with van der Waals surface area (Å²) in [4.78, 5) is 0. The zero-order chi connectivity index (χ0) is 22.2. The van der Waals surface area contributed by atoms with Gasteiger partial charge < -0.3 is 9.22 Å². The SMILES string of the molecule is CC[N+](CC)(CCOc1nnc(Cc2ccccc2)c2ccccc12)Cc1ccccc1. The monoisotopic (exact) mass is 426 g/mol. The number of fused-ring (bicyclic) bond motifs is 1. The zero-order valence-corrected chi connectivity index (χ0v) is 19.1. The molecular formula is C28H32N3O+. The van der Waals surface area contributed by atoms with E-state index in [1.165, 1.54) is 11.1 Å². The van der Waals surface area contributed by atoms with Crippen molar-refractivity contribution >= 4 is 10.8 Å². The summed E-state index contributed by atoms with van der Waals surface area (Å²) in [6.07, 6.45) is 0.761. The minimum absolute atomic E-state index is 0.616. The highest BCUT2D eigenvalue weighted by molar-refractivity contribution is 5.88. The lowest BCUT2D eigenvalue weighted by Gasteiger charge is -2.36. The van der Waals surface area contributed by atoms with Crippen LogP contribution in [-0.4, -0.2) is 40.9 Å². The maximum absolute atomic E-state index is 6.23. The lowest BCUT2D eigenvalue weighted by Crippen LogP contribution is -2.49. The fourth-order valence-electron chi connectivity index (χ4n) is 4.31. The van der Waals surface area contributed by atoms with Gasteiger partial charge in [0.1, 0.15) is 19.7 Å². The molecule has 0 aliphatic heterocycles. The molecule has 0 amide bonds. The van der Waals surface area contributed by atoms with Crippen molar-refractivity contribution in [2.24, 2.45) is 0 Å². The number of benzene rings is 3. The molecular weight excluding hydrogens is 394 g/mol. The molecule has 0 saturated carbocycles. The Hall–Kier alpha value is -3.24. The van der Waals surface area contributed by atoms with Crippen molar-refractivity contribution in [1.29, 1.82) is 0 Å². The zero-order valence-electron chi connectivity index (χ0n) is 19.1. The highest BCUT2D eigenvalue weighted by Crippen LogP contribution is 2.26. The molecule has 4 rings (SSSR count). The molecule has 0 fully saturated rings. The van der Waals surface area contributed by atoms with Gasteiger partial charge in [0.05, 0.1) is 18.8 Å². The third kappa shape index (κ3) is 5.14. The van der Waals surface area contributed by atoms with Gasteiger partial charge in [-0.1, -0.05) is 78.9 Å².